The quantitative estimate of drug-likeness (QED) is 0.322. The minimum absolute atomic E-state index is 0. The lowest BCUT2D eigenvalue weighted by atomic mass is 9.99. The molecule has 1 unspecified atom stereocenters. The van der Waals surface area contributed by atoms with Crippen LogP contribution in [0, 0.1) is 5.92 Å². The lowest BCUT2D eigenvalue weighted by Gasteiger charge is -2.17. The number of aliphatic imine (C=N–C) groups is 1. The Morgan fingerprint density at radius 3 is 2.54 bits per heavy atom. The fraction of sp³-hybridized carbons (Fsp3) is 0.824. The molecule has 1 rings (SSSR count). The van der Waals surface area contributed by atoms with Crippen LogP contribution in [0.1, 0.15) is 71.0 Å². The van der Waals surface area contributed by atoms with Crippen LogP contribution in [0.2, 0.25) is 0 Å². The Hall–Kier alpha value is -0.860. The van der Waals surface area contributed by atoms with Crippen molar-refractivity contribution in [2.24, 2.45) is 10.9 Å². The molecule has 0 aliphatic carbocycles. The van der Waals surface area contributed by atoms with Crippen LogP contribution < -0.4 is 10.6 Å². The summed E-state index contributed by atoms with van der Waals surface area (Å²) < 4.78 is 5.24. The molecular weight excluding hydrogens is 417 g/mol. The third kappa shape index (κ3) is 8.84. The van der Waals surface area contributed by atoms with E-state index < -0.39 is 0 Å². The van der Waals surface area contributed by atoms with Crippen molar-refractivity contribution in [3.63, 3.8) is 0 Å². The largest absolute Gasteiger partial charge is 0.356 e. The van der Waals surface area contributed by atoms with E-state index >= 15 is 0 Å². The molecule has 7 heteroatoms. The summed E-state index contributed by atoms with van der Waals surface area (Å²) in [6, 6.07) is 0. The summed E-state index contributed by atoms with van der Waals surface area (Å²) in [5, 5.41) is 10.7. The van der Waals surface area contributed by atoms with Crippen molar-refractivity contribution in [1.82, 2.24) is 20.8 Å². The highest BCUT2D eigenvalue weighted by Crippen LogP contribution is 2.11. The van der Waals surface area contributed by atoms with Crippen LogP contribution in [-0.2, 0) is 6.42 Å². The van der Waals surface area contributed by atoms with E-state index in [1.165, 1.54) is 25.7 Å². The van der Waals surface area contributed by atoms with Gasteiger partial charge in [-0.15, -0.1) is 24.0 Å². The van der Waals surface area contributed by atoms with Crippen molar-refractivity contribution >= 4 is 29.9 Å². The first kappa shape index (κ1) is 23.1. The molecule has 0 spiro atoms. The lowest BCUT2D eigenvalue weighted by Crippen LogP contribution is -2.40. The van der Waals surface area contributed by atoms with E-state index in [1.807, 2.05) is 0 Å². The Bertz CT molecular complexity index is 462. The smallest absolute Gasteiger partial charge is 0.228 e. The van der Waals surface area contributed by atoms with Gasteiger partial charge in [0.1, 0.15) is 0 Å². The van der Waals surface area contributed by atoms with Crippen molar-refractivity contribution < 1.29 is 4.52 Å². The highest BCUT2D eigenvalue weighted by Gasteiger charge is 2.10. The molecule has 0 aliphatic rings. The van der Waals surface area contributed by atoms with Crippen LogP contribution in [0.5, 0.6) is 0 Å². The van der Waals surface area contributed by atoms with Gasteiger partial charge >= 0.3 is 0 Å². The van der Waals surface area contributed by atoms with Gasteiger partial charge < -0.3 is 15.2 Å². The van der Waals surface area contributed by atoms with E-state index in [9.17, 15) is 0 Å². The maximum atomic E-state index is 5.24. The normalized spacial score (nSPS) is 12.8. The first-order valence-corrected chi connectivity index (χ1v) is 8.87. The summed E-state index contributed by atoms with van der Waals surface area (Å²) in [5.41, 5.74) is 0. The molecular formula is C17H34IN5O. The minimum Gasteiger partial charge on any atom is -0.356 e. The minimum atomic E-state index is 0. The SMILES string of the molecule is CCCCC(CC)CNC(=NC)NCCc1nc(C(C)C)no1.I. The van der Waals surface area contributed by atoms with Gasteiger partial charge in [-0.05, 0) is 12.3 Å². The van der Waals surface area contributed by atoms with Gasteiger partial charge in [0.05, 0.1) is 0 Å². The zero-order valence-electron chi connectivity index (χ0n) is 15.8. The second-order valence-corrected chi connectivity index (χ2v) is 6.25. The molecule has 0 aromatic carbocycles. The van der Waals surface area contributed by atoms with Gasteiger partial charge in [0.2, 0.25) is 5.89 Å². The van der Waals surface area contributed by atoms with Crippen molar-refractivity contribution in [1.29, 1.82) is 0 Å². The second kappa shape index (κ2) is 13.4. The van der Waals surface area contributed by atoms with Crippen LogP contribution >= 0.6 is 24.0 Å². The van der Waals surface area contributed by atoms with Gasteiger partial charge in [0.25, 0.3) is 0 Å². The zero-order chi connectivity index (χ0) is 17.1. The number of unbranched alkanes of at least 4 members (excludes halogenated alkanes) is 1. The molecule has 1 aromatic rings. The molecule has 2 N–H and O–H groups in total. The molecule has 1 aromatic heterocycles. The van der Waals surface area contributed by atoms with Crippen LogP contribution in [0.3, 0.4) is 0 Å². The van der Waals surface area contributed by atoms with E-state index in [1.54, 1.807) is 7.05 Å². The number of hydrogen-bond donors (Lipinski definition) is 2. The summed E-state index contributed by atoms with van der Waals surface area (Å²) in [6.07, 6.45) is 5.72. The molecule has 0 fully saturated rings. The molecule has 6 nitrogen and oxygen atoms in total. The highest BCUT2D eigenvalue weighted by atomic mass is 127. The van der Waals surface area contributed by atoms with E-state index in [0.717, 1.165) is 24.9 Å². The van der Waals surface area contributed by atoms with Gasteiger partial charge in [-0.3, -0.25) is 4.99 Å². The zero-order valence-corrected chi connectivity index (χ0v) is 18.1. The second-order valence-electron chi connectivity index (χ2n) is 6.25. The van der Waals surface area contributed by atoms with Gasteiger partial charge in [-0.25, -0.2) is 0 Å². The van der Waals surface area contributed by atoms with Crippen molar-refractivity contribution in [3.05, 3.63) is 11.7 Å². The molecule has 0 radical (unpaired) electrons. The van der Waals surface area contributed by atoms with E-state index in [4.69, 9.17) is 4.52 Å². The summed E-state index contributed by atoms with van der Waals surface area (Å²) >= 11 is 0. The number of halogens is 1. The van der Waals surface area contributed by atoms with Crippen molar-refractivity contribution in [3.8, 4) is 0 Å². The maximum Gasteiger partial charge on any atom is 0.228 e. The third-order valence-corrected chi connectivity index (χ3v) is 3.96. The molecule has 0 amide bonds. The van der Waals surface area contributed by atoms with Gasteiger partial charge in [0.15, 0.2) is 11.8 Å². The Labute approximate surface area is 163 Å². The average Bonchev–Trinajstić information content (AvgIpc) is 3.02. The van der Waals surface area contributed by atoms with Crippen LogP contribution in [-0.4, -0.2) is 36.2 Å². The number of nitrogens with zero attached hydrogens (tertiary/aromatic N) is 3. The molecule has 1 heterocycles. The molecule has 0 saturated heterocycles. The summed E-state index contributed by atoms with van der Waals surface area (Å²) in [7, 11) is 1.80. The highest BCUT2D eigenvalue weighted by molar-refractivity contribution is 14.0. The molecule has 0 bridgehead atoms. The predicted octanol–water partition coefficient (Wildman–Crippen LogP) is 3.73. The van der Waals surface area contributed by atoms with Crippen molar-refractivity contribution in [2.75, 3.05) is 20.1 Å². The Morgan fingerprint density at radius 2 is 2.00 bits per heavy atom. The topological polar surface area (TPSA) is 75.3 Å². The van der Waals surface area contributed by atoms with Crippen LogP contribution in [0.15, 0.2) is 9.52 Å². The Kier molecular flexibility index (Phi) is 13.0. The Morgan fingerprint density at radius 1 is 1.25 bits per heavy atom. The molecule has 0 aliphatic heterocycles. The van der Waals surface area contributed by atoms with Crippen molar-refractivity contribution in [2.45, 2.75) is 65.7 Å². The number of rotatable bonds is 10. The maximum absolute atomic E-state index is 5.24. The van der Waals surface area contributed by atoms with E-state index in [0.29, 0.717) is 24.1 Å². The summed E-state index contributed by atoms with van der Waals surface area (Å²) in [6.45, 7) is 10.3. The fourth-order valence-corrected chi connectivity index (χ4v) is 2.30. The van der Waals surface area contributed by atoms with Crippen LogP contribution in [0.4, 0.5) is 0 Å². The van der Waals surface area contributed by atoms with E-state index in [2.05, 4.69) is 53.5 Å². The molecule has 1 atom stereocenters. The van der Waals surface area contributed by atoms with Gasteiger partial charge in [-0.2, -0.15) is 4.98 Å². The number of guanidine groups is 1. The van der Waals surface area contributed by atoms with Gasteiger partial charge in [0, 0.05) is 32.5 Å². The summed E-state index contributed by atoms with van der Waals surface area (Å²) in [4.78, 5) is 8.64. The average molecular weight is 451 g/mol. The number of hydrogen-bond acceptors (Lipinski definition) is 4. The van der Waals surface area contributed by atoms with Crippen LogP contribution in [0.25, 0.3) is 0 Å². The molecule has 140 valence electrons. The van der Waals surface area contributed by atoms with Gasteiger partial charge in [-0.1, -0.05) is 52.1 Å². The number of aromatic nitrogens is 2. The monoisotopic (exact) mass is 451 g/mol. The molecule has 24 heavy (non-hydrogen) atoms. The predicted molar refractivity (Wildman–Crippen MR) is 110 cm³/mol. The first-order valence-electron chi connectivity index (χ1n) is 8.87. The Balaban J connectivity index is 0.00000529. The standard InChI is InChI=1S/C17H33N5O.HI/c1-6-8-9-14(7-2)12-20-17(18-5)19-11-10-15-21-16(13(3)4)22-23-15;/h13-14H,6-12H2,1-5H3,(H2,18,19,20);1H. The number of nitrogens with one attached hydrogen (secondary N) is 2. The molecule has 0 saturated carbocycles. The third-order valence-electron chi connectivity index (χ3n) is 3.96. The van der Waals surface area contributed by atoms with E-state index in [-0.39, 0.29) is 24.0 Å². The first-order chi connectivity index (χ1) is 11.1. The summed E-state index contributed by atoms with van der Waals surface area (Å²) in [5.74, 6) is 3.28. The lowest BCUT2D eigenvalue weighted by molar-refractivity contribution is 0.371. The fourth-order valence-electron chi connectivity index (χ4n) is 2.30.